The van der Waals surface area contributed by atoms with E-state index < -0.39 is 5.97 Å². The Kier molecular flexibility index (Phi) is 6.52. The highest BCUT2D eigenvalue weighted by molar-refractivity contribution is 6.33. The summed E-state index contributed by atoms with van der Waals surface area (Å²) in [5.74, 6) is 0.0190. The summed E-state index contributed by atoms with van der Waals surface area (Å²) >= 11 is 6.11. The first kappa shape index (κ1) is 20.1. The summed E-state index contributed by atoms with van der Waals surface area (Å²) < 4.78 is 10.5. The van der Waals surface area contributed by atoms with Gasteiger partial charge in [-0.3, -0.25) is 9.59 Å². The van der Waals surface area contributed by atoms with Crippen molar-refractivity contribution in [3.05, 3.63) is 46.7 Å². The summed E-state index contributed by atoms with van der Waals surface area (Å²) in [4.78, 5) is 35.3. The van der Waals surface area contributed by atoms with Crippen molar-refractivity contribution in [1.82, 2.24) is 5.32 Å². The van der Waals surface area contributed by atoms with Gasteiger partial charge in [0, 0.05) is 11.6 Å². The number of amides is 1. The number of furan rings is 1. The third-order valence-corrected chi connectivity index (χ3v) is 5.34. The Hall–Kier alpha value is -2.60. The highest BCUT2D eigenvalue weighted by Gasteiger charge is 2.23. The first-order valence-corrected chi connectivity index (χ1v) is 9.67. The van der Waals surface area contributed by atoms with Crippen molar-refractivity contribution in [2.75, 3.05) is 6.61 Å². The van der Waals surface area contributed by atoms with Crippen LogP contribution in [-0.2, 0) is 9.53 Å². The number of esters is 1. The molecule has 2 aromatic rings. The van der Waals surface area contributed by atoms with Crippen LogP contribution >= 0.6 is 11.6 Å². The summed E-state index contributed by atoms with van der Waals surface area (Å²) in [5, 5.41) is 3.15. The fourth-order valence-electron chi connectivity index (χ4n) is 3.39. The summed E-state index contributed by atoms with van der Waals surface area (Å²) in [6.07, 6.45) is 4.91. The monoisotopic (exact) mass is 403 g/mol. The number of rotatable bonds is 6. The Morgan fingerprint density at radius 3 is 2.75 bits per heavy atom. The van der Waals surface area contributed by atoms with Crippen LogP contribution in [0.15, 0.2) is 34.7 Å². The van der Waals surface area contributed by atoms with E-state index in [9.17, 15) is 14.4 Å². The predicted octanol–water partition coefficient (Wildman–Crippen LogP) is 4.26. The van der Waals surface area contributed by atoms with Crippen LogP contribution in [-0.4, -0.2) is 30.8 Å². The van der Waals surface area contributed by atoms with Gasteiger partial charge in [-0.1, -0.05) is 31.4 Å². The van der Waals surface area contributed by atoms with Gasteiger partial charge < -0.3 is 14.5 Å². The van der Waals surface area contributed by atoms with E-state index in [1.165, 1.54) is 18.6 Å². The number of benzene rings is 1. The molecule has 0 unspecified atom stereocenters. The van der Waals surface area contributed by atoms with E-state index in [0.717, 1.165) is 19.3 Å². The molecule has 1 amide bonds. The standard InChI is InChI=1S/C21H22ClNO5/c1-13-4-2-3-5-18(13)23-20(25)12-27-21(26)16-10-14(6-8-17(16)22)19-9-7-15(11-24)28-19/h6-11,13,18H,2-5,12H2,1H3,(H,23,25)/t13-,18+/m0/s1. The van der Waals surface area contributed by atoms with Crippen molar-refractivity contribution >= 4 is 29.8 Å². The Balaban J connectivity index is 1.62. The molecular weight excluding hydrogens is 382 g/mol. The van der Waals surface area contributed by atoms with Crippen molar-refractivity contribution < 1.29 is 23.5 Å². The van der Waals surface area contributed by atoms with Crippen LogP contribution < -0.4 is 5.32 Å². The molecule has 0 radical (unpaired) electrons. The normalized spacial score (nSPS) is 19.1. The van der Waals surface area contributed by atoms with E-state index in [4.69, 9.17) is 20.8 Å². The van der Waals surface area contributed by atoms with Crippen LogP contribution in [0.25, 0.3) is 11.3 Å². The Morgan fingerprint density at radius 1 is 1.25 bits per heavy atom. The van der Waals surface area contributed by atoms with E-state index in [1.807, 2.05) is 0 Å². The van der Waals surface area contributed by atoms with Gasteiger partial charge in [0.05, 0.1) is 10.6 Å². The van der Waals surface area contributed by atoms with Crippen molar-refractivity contribution in [1.29, 1.82) is 0 Å². The fraction of sp³-hybridized carbons (Fsp3) is 0.381. The van der Waals surface area contributed by atoms with Gasteiger partial charge in [-0.15, -0.1) is 0 Å². The molecule has 0 bridgehead atoms. The number of hydrogen-bond donors (Lipinski definition) is 1. The number of ether oxygens (including phenoxy) is 1. The number of hydrogen-bond acceptors (Lipinski definition) is 5. The van der Waals surface area contributed by atoms with Gasteiger partial charge in [-0.05, 0) is 49.1 Å². The molecule has 1 aromatic heterocycles. The topological polar surface area (TPSA) is 85.6 Å². The molecule has 1 heterocycles. The lowest BCUT2D eigenvalue weighted by Crippen LogP contribution is -2.42. The maximum absolute atomic E-state index is 12.4. The molecule has 1 aromatic carbocycles. The molecule has 28 heavy (non-hydrogen) atoms. The van der Waals surface area contributed by atoms with Crippen LogP contribution in [0.1, 0.15) is 53.5 Å². The summed E-state index contributed by atoms with van der Waals surface area (Å²) in [6, 6.07) is 8.01. The van der Waals surface area contributed by atoms with Gasteiger partial charge in [0.1, 0.15) is 5.76 Å². The Bertz CT molecular complexity index is 875. The number of nitrogens with one attached hydrogen (secondary N) is 1. The zero-order valence-electron chi connectivity index (χ0n) is 15.6. The first-order valence-electron chi connectivity index (χ1n) is 9.29. The smallest absolute Gasteiger partial charge is 0.340 e. The highest BCUT2D eigenvalue weighted by Crippen LogP contribution is 2.27. The minimum absolute atomic E-state index is 0.123. The molecule has 3 rings (SSSR count). The van der Waals surface area contributed by atoms with Crippen LogP contribution in [0.5, 0.6) is 0 Å². The van der Waals surface area contributed by atoms with Crippen LogP contribution in [0.3, 0.4) is 0 Å². The fourth-order valence-corrected chi connectivity index (χ4v) is 3.59. The Morgan fingerprint density at radius 2 is 2.04 bits per heavy atom. The summed E-state index contributed by atoms with van der Waals surface area (Å²) in [7, 11) is 0. The summed E-state index contributed by atoms with van der Waals surface area (Å²) in [6.45, 7) is 1.75. The molecule has 1 aliphatic carbocycles. The lowest BCUT2D eigenvalue weighted by atomic mass is 9.86. The van der Waals surface area contributed by atoms with E-state index in [1.54, 1.807) is 18.2 Å². The molecule has 7 heteroatoms. The minimum Gasteiger partial charge on any atom is -0.453 e. The molecule has 1 saturated carbocycles. The highest BCUT2D eigenvalue weighted by atomic mass is 35.5. The van der Waals surface area contributed by atoms with Gasteiger partial charge in [0.2, 0.25) is 0 Å². The number of aldehydes is 1. The zero-order chi connectivity index (χ0) is 20.1. The van der Waals surface area contributed by atoms with Crippen LogP contribution in [0.2, 0.25) is 5.02 Å². The molecule has 1 N–H and O–H groups in total. The maximum Gasteiger partial charge on any atom is 0.340 e. The second-order valence-corrected chi connectivity index (χ2v) is 7.43. The van der Waals surface area contributed by atoms with E-state index in [0.29, 0.717) is 23.5 Å². The van der Waals surface area contributed by atoms with Crippen molar-refractivity contribution in [2.45, 2.75) is 38.6 Å². The second-order valence-electron chi connectivity index (χ2n) is 7.03. The van der Waals surface area contributed by atoms with Crippen molar-refractivity contribution in [3.63, 3.8) is 0 Å². The number of carbonyl (C=O) groups is 3. The van der Waals surface area contributed by atoms with Gasteiger partial charge >= 0.3 is 5.97 Å². The van der Waals surface area contributed by atoms with Crippen LogP contribution in [0.4, 0.5) is 0 Å². The maximum atomic E-state index is 12.4. The second kappa shape index (κ2) is 9.06. The quantitative estimate of drug-likeness (QED) is 0.575. The molecule has 0 aliphatic heterocycles. The van der Waals surface area contributed by atoms with E-state index >= 15 is 0 Å². The molecular formula is C21H22ClNO5. The average Bonchev–Trinajstić information content (AvgIpc) is 3.17. The predicted molar refractivity (Wildman–Crippen MR) is 104 cm³/mol. The molecule has 148 valence electrons. The molecule has 1 fully saturated rings. The molecule has 2 atom stereocenters. The molecule has 1 aliphatic rings. The average molecular weight is 404 g/mol. The van der Waals surface area contributed by atoms with Gasteiger partial charge in [0.15, 0.2) is 18.7 Å². The Labute approximate surface area is 168 Å². The van der Waals surface area contributed by atoms with Crippen LogP contribution in [0, 0.1) is 5.92 Å². The third-order valence-electron chi connectivity index (χ3n) is 5.01. The third kappa shape index (κ3) is 4.81. The van der Waals surface area contributed by atoms with Crippen molar-refractivity contribution in [3.8, 4) is 11.3 Å². The van der Waals surface area contributed by atoms with Gasteiger partial charge in [-0.2, -0.15) is 0 Å². The molecule has 0 spiro atoms. The number of carbonyl (C=O) groups excluding carboxylic acids is 3. The van der Waals surface area contributed by atoms with Crippen molar-refractivity contribution in [2.24, 2.45) is 5.92 Å². The number of halogens is 1. The molecule has 0 saturated heterocycles. The zero-order valence-corrected chi connectivity index (χ0v) is 16.3. The largest absolute Gasteiger partial charge is 0.453 e. The first-order chi connectivity index (χ1) is 13.5. The molecule has 6 nitrogen and oxygen atoms in total. The lowest BCUT2D eigenvalue weighted by molar-refractivity contribution is -0.125. The lowest BCUT2D eigenvalue weighted by Gasteiger charge is -2.29. The van der Waals surface area contributed by atoms with Gasteiger partial charge in [-0.25, -0.2) is 4.79 Å². The minimum atomic E-state index is -0.694. The summed E-state index contributed by atoms with van der Waals surface area (Å²) in [5.41, 5.74) is 0.701. The van der Waals surface area contributed by atoms with Gasteiger partial charge in [0.25, 0.3) is 5.91 Å². The van der Waals surface area contributed by atoms with E-state index in [2.05, 4.69) is 12.2 Å². The SMILES string of the molecule is C[C@H]1CCCC[C@H]1NC(=O)COC(=O)c1cc(-c2ccc(C=O)o2)ccc1Cl. The van der Waals surface area contributed by atoms with E-state index in [-0.39, 0.29) is 34.9 Å².